The molecule has 2 atom stereocenters. The molecule has 0 saturated carbocycles. The molecule has 132 valence electrons. The fourth-order valence-corrected chi connectivity index (χ4v) is 4.80. The summed E-state index contributed by atoms with van der Waals surface area (Å²) in [5.74, 6) is 0.215. The van der Waals surface area contributed by atoms with Crippen LogP contribution in [-0.2, 0) is 14.8 Å². The molecular formula is C15H21N3O5S. The smallest absolute Gasteiger partial charge is 0.262 e. The van der Waals surface area contributed by atoms with Gasteiger partial charge in [-0.05, 0) is 13.8 Å². The summed E-state index contributed by atoms with van der Waals surface area (Å²) in [5, 5.41) is 5.91. The number of amides is 1. The summed E-state index contributed by atoms with van der Waals surface area (Å²) in [6, 6.07) is 2.76. The summed E-state index contributed by atoms with van der Waals surface area (Å²) < 4.78 is 38.4. The Morgan fingerprint density at radius 3 is 2.79 bits per heavy atom. The van der Waals surface area contributed by atoms with Crippen molar-refractivity contribution in [2.75, 3.05) is 32.1 Å². The van der Waals surface area contributed by atoms with E-state index < -0.39 is 10.0 Å². The largest absolute Gasteiger partial charge is 0.495 e. The summed E-state index contributed by atoms with van der Waals surface area (Å²) in [6.07, 6.45) is 0. The third-order valence-electron chi connectivity index (χ3n) is 4.46. The van der Waals surface area contributed by atoms with E-state index in [0.717, 1.165) is 0 Å². The van der Waals surface area contributed by atoms with E-state index in [9.17, 15) is 13.2 Å². The van der Waals surface area contributed by atoms with Crippen LogP contribution in [0.2, 0.25) is 0 Å². The molecule has 0 radical (unpaired) electrons. The van der Waals surface area contributed by atoms with Gasteiger partial charge in [-0.1, -0.05) is 0 Å². The van der Waals surface area contributed by atoms with Crippen molar-refractivity contribution < 1.29 is 22.7 Å². The van der Waals surface area contributed by atoms with Gasteiger partial charge < -0.3 is 20.1 Å². The molecule has 2 N–H and O–H groups in total. The van der Waals surface area contributed by atoms with E-state index in [1.807, 2.05) is 13.8 Å². The predicted molar refractivity (Wildman–Crippen MR) is 87.9 cm³/mol. The SMILES string of the molecule is COc1cc2c(cc1S(=O)(=O)N1CCNC(C)C1C)OCC(=O)N2. The number of piperazine rings is 1. The standard InChI is InChI=1S/C15H21N3O5S/c1-9-10(2)18(5-4-16-9)24(20,21)14-7-12-11(6-13(14)22-3)17-15(19)8-23-12/h6-7,9-10,16H,4-5,8H2,1-3H3,(H,17,19). The highest BCUT2D eigenvalue weighted by molar-refractivity contribution is 7.89. The third kappa shape index (κ3) is 2.83. The molecule has 0 bridgehead atoms. The molecule has 3 rings (SSSR count). The molecule has 1 fully saturated rings. The Balaban J connectivity index is 2.05. The second-order valence-electron chi connectivity index (χ2n) is 5.94. The zero-order valence-corrected chi connectivity index (χ0v) is 14.6. The van der Waals surface area contributed by atoms with E-state index in [4.69, 9.17) is 9.47 Å². The van der Waals surface area contributed by atoms with Gasteiger partial charge in [-0.3, -0.25) is 4.79 Å². The molecule has 0 aromatic heterocycles. The number of fused-ring (bicyclic) bond motifs is 1. The lowest BCUT2D eigenvalue weighted by atomic mass is 10.1. The van der Waals surface area contributed by atoms with Crippen LogP contribution in [0.4, 0.5) is 5.69 Å². The molecule has 24 heavy (non-hydrogen) atoms. The van der Waals surface area contributed by atoms with E-state index in [-0.39, 0.29) is 35.2 Å². The first kappa shape index (κ1) is 17.0. The first-order valence-electron chi connectivity index (χ1n) is 7.74. The van der Waals surface area contributed by atoms with Gasteiger partial charge in [-0.25, -0.2) is 8.42 Å². The second-order valence-corrected chi connectivity index (χ2v) is 7.79. The maximum absolute atomic E-state index is 13.1. The van der Waals surface area contributed by atoms with Gasteiger partial charge in [0.05, 0.1) is 12.8 Å². The number of anilines is 1. The summed E-state index contributed by atoms with van der Waals surface area (Å²) in [6.45, 7) is 4.65. The summed E-state index contributed by atoms with van der Waals surface area (Å²) >= 11 is 0. The van der Waals surface area contributed by atoms with Crippen molar-refractivity contribution in [3.63, 3.8) is 0 Å². The van der Waals surface area contributed by atoms with Gasteiger partial charge in [0.25, 0.3) is 5.91 Å². The van der Waals surface area contributed by atoms with Crippen LogP contribution < -0.4 is 20.1 Å². The third-order valence-corrected chi connectivity index (χ3v) is 6.47. The molecule has 2 aliphatic rings. The van der Waals surface area contributed by atoms with Gasteiger partial charge in [0.2, 0.25) is 10.0 Å². The number of nitrogens with one attached hydrogen (secondary N) is 2. The van der Waals surface area contributed by atoms with Gasteiger partial charge in [-0.15, -0.1) is 0 Å². The number of rotatable bonds is 3. The average Bonchev–Trinajstić information content (AvgIpc) is 2.55. The highest BCUT2D eigenvalue weighted by atomic mass is 32.2. The number of sulfonamides is 1. The number of carbonyl (C=O) groups is 1. The maximum atomic E-state index is 13.1. The van der Waals surface area contributed by atoms with Crippen molar-refractivity contribution >= 4 is 21.6 Å². The number of ether oxygens (including phenoxy) is 2. The zero-order valence-electron chi connectivity index (χ0n) is 13.8. The lowest BCUT2D eigenvalue weighted by molar-refractivity contribution is -0.118. The van der Waals surface area contributed by atoms with Crippen molar-refractivity contribution in [3.8, 4) is 11.5 Å². The zero-order chi connectivity index (χ0) is 17.5. The number of hydrogen-bond donors (Lipinski definition) is 2. The van der Waals surface area contributed by atoms with Gasteiger partial charge >= 0.3 is 0 Å². The van der Waals surface area contributed by atoms with Crippen LogP contribution in [0.25, 0.3) is 0 Å². The van der Waals surface area contributed by atoms with Crippen molar-refractivity contribution in [3.05, 3.63) is 12.1 Å². The maximum Gasteiger partial charge on any atom is 0.262 e. The molecular weight excluding hydrogens is 334 g/mol. The van der Waals surface area contributed by atoms with Crippen LogP contribution in [0.5, 0.6) is 11.5 Å². The van der Waals surface area contributed by atoms with Gasteiger partial charge in [0, 0.05) is 37.3 Å². The Morgan fingerprint density at radius 1 is 1.33 bits per heavy atom. The van der Waals surface area contributed by atoms with Crippen LogP contribution in [-0.4, -0.2) is 57.5 Å². The molecule has 1 aromatic rings. The molecule has 2 aliphatic heterocycles. The molecule has 1 amide bonds. The van der Waals surface area contributed by atoms with Gasteiger partial charge in [0.1, 0.15) is 16.4 Å². The normalized spacial score (nSPS) is 24.7. The highest BCUT2D eigenvalue weighted by Gasteiger charge is 2.37. The van der Waals surface area contributed by atoms with E-state index >= 15 is 0 Å². The Morgan fingerprint density at radius 2 is 2.08 bits per heavy atom. The topological polar surface area (TPSA) is 97.0 Å². The van der Waals surface area contributed by atoms with Crippen LogP contribution in [0.3, 0.4) is 0 Å². The minimum absolute atomic E-state index is 0.0425. The molecule has 9 heteroatoms. The highest BCUT2D eigenvalue weighted by Crippen LogP contribution is 2.38. The number of carbonyl (C=O) groups excluding carboxylic acids is 1. The van der Waals surface area contributed by atoms with Crippen LogP contribution >= 0.6 is 0 Å². The quantitative estimate of drug-likeness (QED) is 0.815. The fraction of sp³-hybridized carbons (Fsp3) is 0.533. The van der Waals surface area contributed by atoms with Crippen molar-refractivity contribution in [2.24, 2.45) is 0 Å². The van der Waals surface area contributed by atoms with Crippen molar-refractivity contribution in [1.82, 2.24) is 9.62 Å². The molecule has 2 heterocycles. The van der Waals surface area contributed by atoms with E-state index in [1.165, 1.54) is 23.5 Å². The van der Waals surface area contributed by atoms with Crippen LogP contribution in [0.15, 0.2) is 17.0 Å². The minimum atomic E-state index is -3.76. The van der Waals surface area contributed by atoms with Gasteiger partial charge in [0.15, 0.2) is 6.61 Å². The second kappa shape index (κ2) is 6.23. The predicted octanol–water partition coefficient (Wildman–Crippen LogP) is 0.397. The number of nitrogens with zero attached hydrogens (tertiary/aromatic N) is 1. The monoisotopic (exact) mass is 355 g/mol. The molecule has 0 aliphatic carbocycles. The Bertz CT molecular complexity index is 765. The lowest BCUT2D eigenvalue weighted by Crippen LogP contribution is -2.57. The van der Waals surface area contributed by atoms with E-state index in [2.05, 4.69) is 10.6 Å². The number of hydrogen-bond acceptors (Lipinski definition) is 6. The molecule has 8 nitrogen and oxygen atoms in total. The first-order chi connectivity index (χ1) is 11.3. The fourth-order valence-electron chi connectivity index (χ4n) is 2.94. The van der Waals surface area contributed by atoms with Crippen LogP contribution in [0, 0.1) is 0 Å². The Kier molecular flexibility index (Phi) is 4.41. The molecule has 2 unspecified atom stereocenters. The van der Waals surface area contributed by atoms with Crippen molar-refractivity contribution in [1.29, 1.82) is 0 Å². The van der Waals surface area contributed by atoms with Crippen molar-refractivity contribution in [2.45, 2.75) is 30.8 Å². The van der Waals surface area contributed by atoms with E-state index in [1.54, 1.807) is 0 Å². The molecule has 1 aromatic carbocycles. The first-order valence-corrected chi connectivity index (χ1v) is 9.18. The molecule has 1 saturated heterocycles. The average molecular weight is 355 g/mol. The van der Waals surface area contributed by atoms with Gasteiger partial charge in [-0.2, -0.15) is 4.31 Å². The summed E-state index contributed by atoms with van der Waals surface area (Å²) in [4.78, 5) is 11.5. The summed E-state index contributed by atoms with van der Waals surface area (Å²) in [5.41, 5.74) is 0.406. The number of benzene rings is 1. The molecule has 0 spiro atoms. The van der Waals surface area contributed by atoms with Crippen LogP contribution in [0.1, 0.15) is 13.8 Å². The Labute approximate surface area is 141 Å². The Hall–Kier alpha value is -1.84. The van der Waals surface area contributed by atoms with E-state index in [0.29, 0.717) is 24.5 Å². The summed E-state index contributed by atoms with van der Waals surface area (Å²) in [7, 11) is -2.36. The minimum Gasteiger partial charge on any atom is -0.495 e. The lowest BCUT2D eigenvalue weighted by Gasteiger charge is -2.37. The number of methoxy groups -OCH3 is 1.